The lowest BCUT2D eigenvalue weighted by Crippen LogP contribution is -2.38. The van der Waals surface area contributed by atoms with Crippen molar-refractivity contribution in [2.45, 2.75) is 19.5 Å². The van der Waals surface area contributed by atoms with Crippen LogP contribution >= 0.6 is 11.6 Å². The molecule has 0 aliphatic heterocycles. The highest BCUT2D eigenvalue weighted by atomic mass is 35.5. The lowest BCUT2D eigenvalue weighted by atomic mass is 10.1. The second-order valence-electron chi connectivity index (χ2n) is 4.92. The maximum absolute atomic E-state index is 6.22. The Kier molecular flexibility index (Phi) is 5.28. The van der Waals surface area contributed by atoms with Crippen LogP contribution in [0.4, 0.5) is 0 Å². The van der Waals surface area contributed by atoms with Crippen molar-refractivity contribution in [3.05, 3.63) is 58.9 Å². The van der Waals surface area contributed by atoms with Crippen molar-refractivity contribution >= 4 is 17.6 Å². The summed E-state index contributed by atoms with van der Waals surface area (Å²) in [4.78, 5) is 4.25. The first-order valence-electron chi connectivity index (χ1n) is 6.93. The van der Waals surface area contributed by atoms with Crippen LogP contribution < -0.4 is 10.6 Å². The van der Waals surface area contributed by atoms with Gasteiger partial charge in [0.2, 0.25) is 0 Å². The Balaban J connectivity index is 1.97. The molecule has 2 aromatic rings. The molecule has 4 nitrogen and oxygen atoms in total. The van der Waals surface area contributed by atoms with E-state index in [9.17, 15) is 0 Å². The Labute approximate surface area is 130 Å². The third-order valence-electron chi connectivity index (χ3n) is 3.44. The van der Waals surface area contributed by atoms with Crippen LogP contribution in [0.25, 0.3) is 0 Å². The molecule has 2 rings (SSSR count). The van der Waals surface area contributed by atoms with Crippen LogP contribution in [0.1, 0.15) is 24.2 Å². The summed E-state index contributed by atoms with van der Waals surface area (Å²) in [5.74, 6) is 0.753. The number of aromatic nitrogens is 1. The van der Waals surface area contributed by atoms with E-state index >= 15 is 0 Å². The van der Waals surface area contributed by atoms with E-state index in [1.54, 1.807) is 7.05 Å². The monoisotopic (exact) mass is 304 g/mol. The van der Waals surface area contributed by atoms with Crippen molar-refractivity contribution in [1.29, 1.82) is 0 Å². The highest BCUT2D eigenvalue weighted by molar-refractivity contribution is 6.31. The molecule has 2 N–H and O–H groups in total. The molecular formula is C16H21ClN4. The molecule has 0 amide bonds. The summed E-state index contributed by atoms with van der Waals surface area (Å²) in [5.41, 5.74) is 2.25. The maximum atomic E-state index is 6.22. The Morgan fingerprint density at radius 3 is 2.67 bits per heavy atom. The van der Waals surface area contributed by atoms with Gasteiger partial charge in [-0.05, 0) is 30.7 Å². The molecular weight excluding hydrogens is 284 g/mol. The van der Waals surface area contributed by atoms with Gasteiger partial charge in [-0.25, -0.2) is 0 Å². The van der Waals surface area contributed by atoms with Gasteiger partial charge >= 0.3 is 0 Å². The second-order valence-corrected chi connectivity index (χ2v) is 5.33. The van der Waals surface area contributed by atoms with Crippen molar-refractivity contribution in [1.82, 2.24) is 15.2 Å². The predicted octanol–water partition coefficient (Wildman–Crippen LogP) is 3.10. The molecule has 0 saturated heterocycles. The molecule has 1 aromatic carbocycles. The molecule has 112 valence electrons. The van der Waals surface area contributed by atoms with Gasteiger partial charge in [0.25, 0.3) is 0 Å². The highest BCUT2D eigenvalue weighted by Gasteiger charge is 2.10. The smallest absolute Gasteiger partial charge is 0.191 e. The molecule has 1 unspecified atom stereocenters. The number of rotatable bonds is 4. The van der Waals surface area contributed by atoms with E-state index in [0.717, 1.165) is 23.1 Å². The molecule has 1 atom stereocenters. The fraction of sp³-hybridized carbons (Fsp3) is 0.312. The third-order valence-corrected chi connectivity index (χ3v) is 3.78. The van der Waals surface area contributed by atoms with E-state index in [1.165, 1.54) is 5.69 Å². The highest BCUT2D eigenvalue weighted by Crippen LogP contribution is 2.21. The van der Waals surface area contributed by atoms with Crippen LogP contribution in [0.2, 0.25) is 5.02 Å². The van der Waals surface area contributed by atoms with Crippen LogP contribution in [-0.2, 0) is 13.6 Å². The first-order valence-corrected chi connectivity index (χ1v) is 7.31. The number of aryl methyl sites for hydroxylation is 1. The normalized spacial score (nSPS) is 13.0. The Morgan fingerprint density at radius 2 is 2.05 bits per heavy atom. The van der Waals surface area contributed by atoms with E-state index in [4.69, 9.17) is 11.6 Å². The maximum Gasteiger partial charge on any atom is 0.191 e. The number of aliphatic imine (C=N–C) groups is 1. The summed E-state index contributed by atoms with van der Waals surface area (Å²) in [6, 6.07) is 12.0. The van der Waals surface area contributed by atoms with Crippen LogP contribution in [0.5, 0.6) is 0 Å². The number of hydrogen-bond donors (Lipinski definition) is 2. The lowest BCUT2D eigenvalue weighted by Gasteiger charge is -2.19. The third kappa shape index (κ3) is 4.02. The number of benzene rings is 1. The first-order chi connectivity index (χ1) is 10.1. The molecule has 1 aromatic heterocycles. The molecule has 0 fully saturated rings. The summed E-state index contributed by atoms with van der Waals surface area (Å²) < 4.78 is 2.08. The minimum Gasteiger partial charge on any atom is -0.353 e. The first kappa shape index (κ1) is 15.4. The van der Waals surface area contributed by atoms with Gasteiger partial charge < -0.3 is 15.2 Å². The number of nitrogens with one attached hydrogen (secondary N) is 2. The van der Waals surface area contributed by atoms with Gasteiger partial charge in [0, 0.05) is 31.0 Å². The average molecular weight is 305 g/mol. The van der Waals surface area contributed by atoms with E-state index in [0.29, 0.717) is 0 Å². The number of nitrogens with zero attached hydrogens (tertiary/aromatic N) is 2. The van der Waals surface area contributed by atoms with Crippen LogP contribution in [-0.4, -0.2) is 17.6 Å². The van der Waals surface area contributed by atoms with Gasteiger partial charge in [0.15, 0.2) is 5.96 Å². The Bertz CT molecular complexity index is 618. The Hall–Kier alpha value is -1.94. The van der Waals surface area contributed by atoms with E-state index in [1.807, 2.05) is 43.6 Å². The minimum absolute atomic E-state index is 0.0818. The van der Waals surface area contributed by atoms with Crippen LogP contribution in [0.15, 0.2) is 47.6 Å². The largest absolute Gasteiger partial charge is 0.353 e. The average Bonchev–Trinajstić information content (AvgIpc) is 2.89. The number of guanidine groups is 1. The fourth-order valence-electron chi connectivity index (χ4n) is 2.16. The number of hydrogen-bond acceptors (Lipinski definition) is 1. The predicted molar refractivity (Wildman–Crippen MR) is 88.6 cm³/mol. The van der Waals surface area contributed by atoms with Crippen molar-refractivity contribution < 1.29 is 0 Å². The lowest BCUT2D eigenvalue weighted by molar-refractivity contribution is 0.676. The standard InChI is InChI=1S/C16H21ClN4/c1-12(14-8-4-5-9-15(14)17)20-16(18-2)19-11-13-7-6-10-21(13)3/h4-10,12H,11H2,1-3H3,(H2,18,19,20). The molecule has 21 heavy (non-hydrogen) atoms. The zero-order valence-electron chi connectivity index (χ0n) is 12.6. The van der Waals surface area contributed by atoms with E-state index in [-0.39, 0.29) is 6.04 Å². The summed E-state index contributed by atoms with van der Waals surface area (Å²) in [7, 11) is 3.79. The summed E-state index contributed by atoms with van der Waals surface area (Å²) >= 11 is 6.22. The summed E-state index contributed by atoms with van der Waals surface area (Å²) in [6.07, 6.45) is 2.03. The molecule has 5 heteroatoms. The van der Waals surface area contributed by atoms with Crippen LogP contribution in [0, 0.1) is 0 Å². The summed E-state index contributed by atoms with van der Waals surface area (Å²) in [6.45, 7) is 2.79. The van der Waals surface area contributed by atoms with Gasteiger partial charge in [0.05, 0.1) is 12.6 Å². The van der Waals surface area contributed by atoms with Gasteiger partial charge in [-0.2, -0.15) is 0 Å². The van der Waals surface area contributed by atoms with Gasteiger partial charge in [0.1, 0.15) is 0 Å². The van der Waals surface area contributed by atoms with Crippen LogP contribution in [0.3, 0.4) is 0 Å². The fourth-order valence-corrected chi connectivity index (χ4v) is 2.46. The molecule has 0 saturated carbocycles. The minimum atomic E-state index is 0.0818. The zero-order chi connectivity index (χ0) is 15.2. The van der Waals surface area contributed by atoms with Gasteiger partial charge in [-0.1, -0.05) is 29.8 Å². The topological polar surface area (TPSA) is 41.4 Å². The SMILES string of the molecule is CN=C(NCc1cccn1C)NC(C)c1ccccc1Cl. The van der Waals surface area contributed by atoms with E-state index < -0.39 is 0 Å². The quantitative estimate of drug-likeness (QED) is 0.673. The molecule has 1 heterocycles. The van der Waals surface area contributed by atoms with Crippen molar-refractivity contribution in [3.8, 4) is 0 Å². The van der Waals surface area contributed by atoms with E-state index in [2.05, 4.69) is 33.2 Å². The molecule has 0 aliphatic rings. The van der Waals surface area contributed by atoms with Gasteiger partial charge in [-0.15, -0.1) is 0 Å². The molecule has 0 aliphatic carbocycles. The molecule has 0 radical (unpaired) electrons. The van der Waals surface area contributed by atoms with Gasteiger partial charge in [-0.3, -0.25) is 4.99 Å². The molecule has 0 spiro atoms. The zero-order valence-corrected chi connectivity index (χ0v) is 13.4. The number of halogens is 1. The van der Waals surface area contributed by atoms with Crippen molar-refractivity contribution in [3.63, 3.8) is 0 Å². The second kappa shape index (κ2) is 7.18. The summed E-state index contributed by atoms with van der Waals surface area (Å²) in [5, 5.41) is 7.42. The molecule has 0 bridgehead atoms. The van der Waals surface area contributed by atoms with Crippen molar-refractivity contribution in [2.24, 2.45) is 12.0 Å². The Morgan fingerprint density at radius 1 is 1.29 bits per heavy atom. The van der Waals surface area contributed by atoms with Crippen molar-refractivity contribution in [2.75, 3.05) is 7.05 Å².